The topological polar surface area (TPSA) is 73.6 Å². The number of rotatable bonds is 6. The monoisotopic (exact) mass is 325 g/mol. The molecule has 2 N–H and O–H groups in total. The van der Waals surface area contributed by atoms with Gasteiger partial charge in [0.15, 0.2) is 0 Å². The highest BCUT2D eigenvalue weighted by Crippen LogP contribution is 2.43. The van der Waals surface area contributed by atoms with Crippen molar-refractivity contribution in [1.82, 2.24) is 0 Å². The van der Waals surface area contributed by atoms with E-state index in [-0.39, 0.29) is 5.69 Å². The van der Waals surface area contributed by atoms with Crippen molar-refractivity contribution in [2.24, 2.45) is 0 Å². The predicted molar refractivity (Wildman–Crippen MR) is 87.3 cm³/mol. The summed E-state index contributed by atoms with van der Waals surface area (Å²) in [5.41, 5.74) is 7.06. The van der Waals surface area contributed by atoms with Crippen LogP contribution in [0.3, 0.4) is 0 Å². The van der Waals surface area contributed by atoms with Crippen LogP contribution in [0.5, 0.6) is 0 Å². The van der Waals surface area contributed by atoms with Crippen molar-refractivity contribution in [2.45, 2.75) is 36.5 Å². The van der Waals surface area contributed by atoms with Gasteiger partial charge in [-0.1, -0.05) is 25.4 Å². The van der Waals surface area contributed by atoms with Gasteiger partial charge >= 0.3 is 0 Å². The van der Waals surface area contributed by atoms with Gasteiger partial charge in [-0.05, 0) is 24.3 Å². The van der Waals surface area contributed by atoms with E-state index < -0.39 is 0 Å². The number of halogens is 1. The molecule has 1 aromatic carbocycles. The van der Waals surface area contributed by atoms with E-state index in [4.69, 9.17) is 17.3 Å². The van der Waals surface area contributed by atoms with Crippen LogP contribution in [0, 0.1) is 22.7 Å². The quantitative estimate of drug-likeness (QED) is 0.607. The summed E-state index contributed by atoms with van der Waals surface area (Å²) in [6.45, 7) is 4.11. The molecule has 1 rings (SSSR count). The molecule has 106 valence electrons. The van der Waals surface area contributed by atoms with Crippen molar-refractivity contribution in [1.29, 1.82) is 10.5 Å². The third-order valence-electron chi connectivity index (χ3n) is 2.51. The minimum atomic E-state index is 0.283. The highest BCUT2D eigenvalue weighted by Gasteiger charge is 2.22. The third kappa shape index (κ3) is 3.55. The molecule has 0 aliphatic rings. The van der Waals surface area contributed by atoms with E-state index in [1.807, 2.05) is 0 Å². The minimum absolute atomic E-state index is 0.283. The summed E-state index contributed by atoms with van der Waals surface area (Å²) in [6, 6.07) is 4.27. The van der Waals surface area contributed by atoms with Crippen LogP contribution in [0.15, 0.2) is 9.79 Å². The van der Waals surface area contributed by atoms with Crippen LogP contribution in [0.1, 0.15) is 37.8 Å². The first-order valence-electron chi connectivity index (χ1n) is 6.32. The summed E-state index contributed by atoms with van der Waals surface area (Å²) in [5, 5.41) is 19.1. The molecule has 0 fully saturated rings. The third-order valence-corrected chi connectivity index (χ3v) is 5.63. The number of benzene rings is 1. The predicted octanol–water partition coefficient (Wildman–Crippen LogP) is 4.67. The van der Waals surface area contributed by atoms with Crippen LogP contribution < -0.4 is 5.73 Å². The van der Waals surface area contributed by atoms with Gasteiger partial charge in [-0.3, -0.25) is 0 Å². The maximum absolute atomic E-state index is 9.45. The zero-order chi connectivity index (χ0) is 15.1. The van der Waals surface area contributed by atoms with Gasteiger partial charge in [0.25, 0.3) is 0 Å². The summed E-state index contributed by atoms with van der Waals surface area (Å²) < 4.78 is 0. The lowest BCUT2D eigenvalue weighted by molar-refractivity contribution is 1.09. The summed E-state index contributed by atoms with van der Waals surface area (Å²) >= 11 is 9.26. The van der Waals surface area contributed by atoms with E-state index in [0.717, 1.165) is 24.3 Å². The second-order valence-electron chi connectivity index (χ2n) is 4.06. The fourth-order valence-electron chi connectivity index (χ4n) is 1.59. The van der Waals surface area contributed by atoms with Crippen LogP contribution in [0.25, 0.3) is 0 Å². The van der Waals surface area contributed by atoms with Crippen molar-refractivity contribution in [3.05, 3.63) is 16.1 Å². The summed E-state index contributed by atoms with van der Waals surface area (Å²) in [5.74, 6) is 1.69. The number of nitrogens with two attached hydrogens (primary N) is 1. The Bertz CT molecular complexity index is 573. The fourth-order valence-corrected chi connectivity index (χ4v) is 3.95. The normalized spacial score (nSPS) is 10.1. The Labute approximate surface area is 133 Å². The zero-order valence-electron chi connectivity index (χ0n) is 11.5. The first-order chi connectivity index (χ1) is 9.62. The zero-order valence-corrected chi connectivity index (χ0v) is 13.9. The molecule has 0 radical (unpaired) electrons. The van der Waals surface area contributed by atoms with Gasteiger partial charge in [-0.25, -0.2) is 0 Å². The lowest BCUT2D eigenvalue weighted by Gasteiger charge is -2.15. The number of hydrogen-bond acceptors (Lipinski definition) is 5. The van der Waals surface area contributed by atoms with Gasteiger partial charge in [-0.15, -0.1) is 23.5 Å². The van der Waals surface area contributed by atoms with Gasteiger partial charge in [0, 0.05) is 9.79 Å². The summed E-state index contributed by atoms with van der Waals surface area (Å²) in [4.78, 5) is 1.36. The molecule has 0 saturated carbocycles. The molecule has 0 atom stereocenters. The number of nitrogen functional groups attached to an aromatic ring is 1. The molecule has 3 nitrogen and oxygen atoms in total. The molecular formula is C14H16ClN3S2. The second-order valence-corrected chi connectivity index (χ2v) is 6.64. The molecule has 20 heavy (non-hydrogen) atoms. The van der Waals surface area contributed by atoms with Gasteiger partial charge in [0.1, 0.15) is 12.1 Å². The van der Waals surface area contributed by atoms with E-state index in [1.165, 1.54) is 23.5 Å². The molecule has 0 saturated heterocycles. The van der Waals surface area contributed by atoms with Crippen molar-refractivity contribution in [2.75, 3.05) is 17.2 Å². The Morgan fingerprint density at radius 3 is 1.95 bits per heavy atom. The van der Waals surface area contributed by atoms with Gasteiger partial charge in [0.2, 0.25) is 0 Å². The first kappa shape index (κ1) is 17.0. The number of anilines is 1. The Morgan fingerprint density at radius 2 is 1.50 bits per heavy atom. The van der Waals surface area contributed by atoms with Crippen molar-refractivity contribution in [3.63, 3.8) is 0 Å². The fraction of sp³-hybridized carbons (Fsp3) is 0.429. The SMILES string of the molecule is CCCSc1c(Cl)c(N)c(C#N)c(SCCC)c1C#N. The smallest absolute Gasteiger partial charge is 0.103 e. The van der Waals surface area contributed by atoms with E-state index in [0.29, 0.717) is 25.9 Å². The number of hydrogen-bond donors (Lipinski definition) is 1. The highest BCUT2D eigenvalue weighted by atomic mass is 35.5. The molecule has 1 aromatic rings. The standard InChI is InChI=1S/C14H16ClN3S2/c1-3-5-19-13-9(7-16)12(18)11(15)14(10(13)8-17)20-6-4-2/h3-6,18H2,1-2H3. The lowest BCUT2D eigenvalue weighted by atomic mass is 10.1. The van der Waals surface area contributed by atoms with E-state index >= 15 is 0 Å². The molecule has 0 heterocycles. The molecule has 6 heteroatoms. The van der Waals surface area contributed by atoms with E-state index in [2.05, 4.69) is 26.0 Å². The summed E-state index contributed by atoms with van der Waals surface area (Å²) in [6.07, 6.45) is 1.93. The van der Waals surface area contributed by atoms with Crippen molar-refractivity contribution < 1.29 is 0 Å². The average Bonchev–Trinajstić information content (AvgIpc) is 2.46. The van der Waals surface area contributed by atoms with Crippen LogP contribution >= 0.6 is 35.1 Å². The maximum Gasteiger partial charge on any atom is 0.103 e. The Balaban J connectivity index is 3.50. The molecule has 0 bridgehead atoms. The number of nitriles is 2. The van der Waals surface area contributed by atoms with Gasteiger partial charge < -0.3 is 5.73 Å². The largest absolute Gasteiger partial charge is 0.396 e. The molecular weight excluding hydrogens is 310 g/mol. The lowest BCUT2D eigenvalue weighted by Crippen LogP contribution is -2.01. The number of nitrogens with zero attached hydrogens (tertiary/aromatic N) is 2. The molecule has 0 unspecified atom stereocenters. The highest BCUT2D eigenvalue weighted by molar-refractivity contribution is 8.00. The Morgan fingerprint density at radius 1 is 1.00 bits per heavy atom. The maximum atomic E-state index is 9.45. The Hall–Kier alpha value is -1.01. The van der Waals surface area contributed by atoms with Crippen LogP contribution in [-0.2, 0) is 0 Å². The van der Waals surface area contributed by atoms with E-state index in [9.17, 15) is 10.5 Å². The van der Waals surface area contributed by atoms with Gasteiger partial charge in [0.05, 0.1) is 21.8 Å². The van der Waals surface area contributed by atoms with Crippen LogP contribution in [-0.4, -0.2) is 11.5 Å². The number of thioether (sulfide) groups is 2. The Kier molecular flexibility index (Phi) is 7.09. The first-order valence-corrected chi connectivity index (χ1v) is 8.67. The van der Waals surface area contributed by atoms with Gasteiger partial charge in [-0.2, -0.15) is 10.5 Å². The second kappa shape index (κ2) is 8.32. The van der Waals surface area contributed by atoms with Crippen LogP contribution in [0.2, 0.25) is 5.02 Å². The molecule has 0 aliphatic carbocycles. The molecule has 0 spiro atoms. The molecule has 0 aromatic heterocycles. The minimum Gasteiger partial charge on any atom is -0.396 e. The van der Waals surface area contributed by atoms with E-state index in [1.54, 1.807) is 0 Å². The average molecular weight is 326 g/mol. The molecule has 0 aliphatic heterocycles. The molecule has 0 amide bonds. The summed E-state index contributed by atoms with van der Waals surface area (Å²) in [7, 11) is 0. The van der Waals surface area contributed by atoms with Crippen molar-refractivity contribution >= 4 is 40.8 Å². The van der Waals surface area contributed by atoms with Crippen molar-refractivity contribution in [3.8, 4) is 12.1 Å². The van der Waals surface area contributed by atoms with Crippen LogP contribution in [0.4, 0.5) is 5.69 Å².